The molecule has 0 saturated carbocycles. The number of rotatable bonds is 6. The molecule has 33 heavy (non-hydrogen) atoms. The highest BCUT2D eigenvalue weighted by Crippen LogP contribution is 2.27. The van der Waals surface area contributed by atoms with Crippen LogP contribution in [0.25, 0.3) is 5.76 Å². The van der Waals surface area contributed by atoms with Gasteiger partial charge in [0.05, 0.1) is 5.56 Å². The van der Waals surface area contributed by atoms with Gasteiger partial charge >= 0.3 is 0 Å². The molecule has 4 rings (SSSR count). The third kappa shape index (κ3) is 7.15. The van der Waals surface area contributed by atoms with Gasteiger partial charge in [-0.15, -0.1) is 5.48 Å². The zero-order valence-electron chi connectivity index (χ0n) is 19.5. The van der Waals surface area contributed by atoms with Crippen molar-refractivity contribution < 1.29 is 19.5 Å². The minimum Gasteiger partial charge on any atom is -0.507 e. The number of phenolic OH excluding ortho intramolecular Hbond substituents is 1. The van der Waals surface area contributed by atoms with Crippen LogP contribution in [0.5, 0.6) is 5.75 Å². The molecule has 1 heterocycles. The third-order valence-corrected chi connectivity index (χ3v) is 5.35. The molecule has 5 N–H and O–H groups in total. The van der Waals surface area contributed by atoms with Crippen LogP contribution in [-0.4, -0.2) is 62.5 Å². The van der Waals surface area contributed by atoms with Gasteiger partial charge in [0, 0.05) is 25.7 Å². The van der Waals surface area contributed by atoms with Crippen LogP contribution in [0.2, 0.25) is 0 Å². The smallest absolute Gasteiger partial charge is 0.257 e. The fourth-order valence-corrected chi connectivity index (χ4v) is 3.55. The number of aryl methyl sites for hydroxylation is 2. The van der Waals surface area contributed by atoms with E-state index >= 15 is 0 Å². The van der Waals surface area contributed by atoms with Crippen molar-refractivity contribution >= 4 is 18.0 Å². The highest BCUT2D eigenvalue weighted by molar-refractivity contribution is 5.97. The molecule has 1 amide bonds. The maximum atomic E-state index is 12.2. The Hall–Kier alpha value is -3.20. The number of nitrogens with two attached hydrogens (primary N) is 1. The molecule has 2 aliphatic rings. The predicted molar refractivity (Wildman–Crippen MR) is 130 cm³/mol. The molecule has 1 unspecified atom stereocenters. The first-order chi connectivity index (χ1) is 16.0. The van der Waals surface area contributed by atoms with E-state index in [0.717, 1.165) is 0 Å². The maximum absolute atomic E-state index is 12.2. The van der Waals surface area contributed by atoms with Crippen molar-refractivity contribution in [3.63, 3.8) is 0 Å². The van der Waals surface area contributed by atoms with Crippen molar-refractivity contribution in [3.8, 4) is 5.75 Å². The number of amides is 1. The number of likely N-dealkylation sites (N-methyl/N-ethyl adjacent to an activating group) is 2. The summed E-state index contributed by atoms with van der Waals surface area (Å²) in [5.74, 6) is 0.0531. The Morgan fingerprint density at radius 1 is 1.24 bits per heavy atom. The average molecular weight is 455 g/mol. The number of hydrogen-bond acceptors (Lipinski definition) is 7. The van der Waals surface area contributed by atoms with E-state index in [1.54, 1.807) is 43.4 Å². The maximum Gasteiger partial charge on any atom is 0.257 e. The highest BCUT2D eigenvalue weighted by atomic mass is 16.7. The van der Waals surface area contributed by atoms with Crippen LogP contribution >= 0.6 is 0 Å². The second-order valence-electron chi connectivity index (χ2n) is 7.60. The highest BCUT2D eigenvalue weighted by Gasteiger charge is 2.20. The van der Waals surface area contributed by atoms with Crippen molar-refractivity contribution in [2.45, 2.75) is 25.3 Å². The van der Waals surface area contributed by atoms with Gasteiger partial charge in [0.2, 0.25) is 0 Å². The molecule has 8 heteroatoms. The Morgan fingerprint density at radius 2 is 1.91 bits per heavy atom. The molecule has 8 nitrogen and oxygen atoms in total. The number of aldehydes is 1. The second kappa shape index (κ2) is 13.4. The predicted octanol–water partition coefficient (Wildman–Crippen LogP) is 1.88. The molecule has 1 aliphatic heterocycles. The lowest BCUT2D eigenvalue weighted by molar-refractivity contribution is -0.109. The number of carbonyl (C=O) groups excluding carboxylic acids is 2. The molecule has 0 saturated heterocycles. The van der Waals surface area contributed by atoms with Crippen molar-refractivity contribution in [2.24, 2.45) is 5.73 Å². The van der Waals surface area contributed by atoms with Gasteiger partial charge in [-0.05, 0) is 62.7 Å². The summed E-state index contributed by atoms with van der Waals surface area (Å²) in [5.41, 5.74) is 11.0. The van der Waals surface area contributed by atoms with Crippen molar-refractivity contribution in [2.75, 3.05) is 34.2 Å². The van der Waals surface area contributed by atoms with E-state index in [9.17, 15) is 14.7 Å². The van der Waals surface area contributed by atoms with E-state index in [0.29, 0.717) is 30.7 Å². The first-order valence-corrected chi connectivity index (χ1v) is 11.0. The summed E-state index contributed by atoms with van der Waals surface area (Å²) in [6.45, 7) is 1.20. The van der Waals surface area contributed by atoms with Crippen molar-refractivity contribution in [1.29, 1.82) is 0 Å². The van der Waals surface area contributed by atoms with E-state index in [4.69, 9.17) is 4.84 Å². The molecule has 0 spiro atoms. The Labute approximate surface area is 195 Å². The quantitative estimate of drug-likeness (QED) is 0.493. The topological polar surface area (TPSA) is 117 Å². The van der Waals surface area contributed by atoms with E-state index in [2.05, 4.69) is 40.8 Å². The van der Waals surface area contributed by atoms with Crippen molar-refractivity contribution in [3.05, 3.63) is 70.8 Å². The summed E-state index contributed by atoms with van der Waals surface area (Å²) in [4.78, 5) is 29.6. The van der Waals surface area contributed by atoms with Crippen LogP contribution in [0.3, 0.4) is 0 Å². The SMILES string of the molecule is CN.CNCCN(C)C(=O)c1ccc(C2=CC(C=O)NO2)cc1O.c1ccc2c(c1)CCC2. The fourth-order valence-electron chi connectivity index (χ4n) is 3.55. The Bertz CT molecular complexity index is 938. The normalized spacial score (nSPS) is 15.6. The van der Waals surface area contributed by atoms with Crippen LogP contribution in [0, 0.1) is 0 Å². The van der Waals surface area contributed by atoms with Gasteiger partial charge in [-0.25, -0.2) is 0 Å². The number of nitrogens with one attached hydrogen (secondary N) is 2. The summed E-state index contributed by atoms with van der Waals surface area (Å²) in [5, 5.41) is 13.0. The Balaban J connectivity index is 0.000000288. The van der Waals surface area contributed by atoms with Gasteiger partial charge in [0.1, 0.15) is 18.1 Å². The lowest BCUT2D eigenvalue weighted by Crippen LogP contribution is -2.32. The molecular formula is C25H34N4O4. The third-order valence-electron chi connectivity index (χ3n) is 5.35. The van der Waals surface area contributed by atoms with Crippen LogP contribution < -0.4 is 16.5 Å². The number of benzene rings is 2. The first kappa shape index (κ1) is 26.1. The van der Waals surface area contributed by atoms with Gasteiger partial charge in [0.25, 0.3) is 5.91 Å². The van der Waals surface area contributed by atoms with Gasteiger partial charge in [-0.2, -0.15) is 0 Å². The van der Waals surface area contributed by atoms with Crippen LogP contribution in [-0.2, 0) is 22.5 Å². The van der Waals surface area contributed by atoms with Gasteiger partial charge in [0.15, 0.2) is 5.76 Å². The van der Waals surface area contributed by atoms with E-state index < -0.39 is 6.04 Å². The zero-order chi connectivity index (χ0) is 24.2. The number of hydrogen-bond donors (Lipinski definition) is 4. The summed E-state index contributed by atoms with van der Waals surface area (Å²) in [7, 11) is 4.98. The lowest BCUT2D eigenvalue weighted by Gasteiger charge is -2.17. The molecule has 0 fully saturated rings. The minimum atomic E-state index is -0.508. The van der Waals surface area contributed by atoms with Crippen LogP contribution in [0.1, 0.15) is 33.5 Å². The minimum absolute atomic E-state index is 0.127. The molecule has 1 aliphatic carbocycles. The van der Waals surface area contributed by atoms with Crippen LogP contribution in [0.15, 0.2) is 48.5 Å². The molecule has 178 valence electrons. The number of carbonyl (C=O) groups is 2. The molecule has 0 bridgehead atoms. The number of hydroxylamine groups is 1. The Kier molecular flexibility index (Phi) is 10.6. The molecule has 0 aromatic heterocycles. The Morgan fingerprint density at radius 3 is 2.45 bits per heavy atom. The van der Waals surface area contributed by atoms with E-state index in [-0.39, 0.29) is 17.2 Å². The van der Waals surface area contributed by atoms with Gasteiger partial charge in [-0.3, -0.25) is 4.79 Å². The summed E-state index contributed by atoms with van der Waals surface area (Å²) >= 11 is 0. The lowest BCUT2D eigenvalue weighted by atomic mass is 10.1. The number of aromatic hydroxyl groups is 1. The average Bonchev–Trinajstić information content (AvgIpc) is 3.53. The summed E-state index contributed by atoms with van der Waals surface area (Å²) in [6, 6.07) is 12.9. The zero-order valence-corrected chi connectivity index (χ0v) is 19.5. The second-order valence-corrected chi connectivity index (χ2v) is 7.60. The summed E-state index contributed by atoms with van der Waals surface area (Å²) < 4.78 is 0. The molecule has 2 aromatic carbocycles. The van der Waals surface area contributed by atoms with Gasteiger partial charge in [-0.1, -0.05) is 30.3 Å². The molecule has 0 radical (unpaired) electrons. The first-order valence-electron chi connectivity index (χ1n) is 11.0. The molecular weight excluding hydrogens is 420 g/mol. The molecule has 2 aromatic rings. The van der Waals surface area contributed by atoms with Crippen LogP contribution in [0.4, 0.5) is 0 Å². The number of phenols is 1. The van der Waals surface area contributed by atoms with Crippen molar-refractivity contribution in [1.82, 2.24) is 15.7 Å². The fraction of sp³-hybridized carbons (Fsp3) is 0.360. The standard InChI is InChI=1S/C15H19N3O4.C9H10.CH5N/c1-16-5-6-18(2)15(21)12-4-3-10(7-13(12)20)14-8-11(9-19)17-22-14;1-2-5-9-7-3-6-8(9)4-1;1-2/h3-4,7-9,11,16-17,20H,5-6H2,1-2H3;1-2,4-5H,3,6-7H2;2H2,1H3. The number of fused-ring (bicyclic) bond motifs is 1. The molecule has 1 atom stereocenters. The largest absolute Gasteiger partial charge is 0.507 e. The monoisotopic (exact) mass is 454 g/mol. The number of nitrogens with zero attached hydrogens (tertiary/aromatic N) is 1. The van der Waals surface area contributed by atoms with E-state index in [1.165, 1.54) is 37.3 Å². The van der Waals surface area contributed by atoms with Gasteiger partial charge < -0.3 is 30.7 Å². The van der Waals surface area contributed by atoms with E-state index in [1.807, 2.05) is 0 Å². The summed E-state index contributed by atoms with van der Waals surface area (Å²) in [6.07, 6.45) is 6.27.